The molecule has 2 atom stereocenters. The molecule has 0 aliphatic heterocycles. The van der Waals surface area contributed by atoms with E-state index < -0.39 is 59.8 Å². The number of hydrogen-bond donors (Lipinski definition) is 5. The van der Waals surface area contributed by atoms with Crippen molar-refractivity contribution in [1.82, 2.24) is 5.32 Å². The van der Waals surface area contributed by atoms with Gasteiger partial charge in [0.2, 0.25) is 0 Å². The van der Waals surface area contributed by atoms with Gasteiger partial charge in [-0.1, -0.05) is 0 Å². The van der Waals surface area contributed by atoms with E-state index in [2.05, 4.69) is 10.6 Å². The molecule has 1 heterocycles. The molecule has 2 aromatic carbocycles. The molecule has 3 rings (SSSR count). The molecule has 0 fully saturated rings. The quantitative estimate of drug-likeness (QED) is 0.316. The van der Waals surface area contributed by atoms with E-state index in [4.69, 9.17) is 9.52 Å². The third kappa shape index (κ3) is 5.72. The molecule has 7 nitrogen and oxygen atoms in total. The Hall–Kier alpha value is -3.45. The lowest BCUT2D eigenvalue weighted by Gasteiger charge is -2.21. The molecule has 0 unspecified atom stereocenters. The third-order valence-electron chi connectivity index (χ3n) is 4.77. The molecular weight excluding hydrogens is 472 g/mol. The molecule has 13 heteroatoms. The fourth-order valence-corrected chi connectivity index (χ4v) is 3.20. The first kappa shape index (κ1) is 25.2. The van der Waals surface area contributed by atoms with Crippen molar-refractivity contribution in [2.75, 3.05) is 23.8 Å². The van der Waals surface area contributed by atoms with Gasteiger partial charge in [0.1, 0.15) is 17.4 Å². The van der Waals surface area contributed by atoms with E-state index in [-0.39, 0.29) is 28.9 Å². The van der Waals surface area contributed by atoms with E-state index in [1.165, 1.54) is 6.07 Å². The number of alkyl halides is 3. The zero-order chi connectivity index (χ0) is 25.2. The number of halogens is 6. The fourth-order valence-electron chi connectivity index (χ4n) is 3.20. The molecule has 0 aliphatic carbocycles. The Morgan fingerprint density at radius 1 is 1.06 bits per heavy atom. The van der Waals surface area contributed by atoms with E-state index in [0.29, 0.717) is 6.07 Å². The molecule has 2 amide bonds. The van der Waals surface area contributed by atoms with Crippen molar-refractivity contribution in [2.24, 2.45) is 0 Å². The van der Waals surface area contributed by atoms with Crippen LogP contribution in [0.1, 0.15) is 17.4 Å². The largest absolute Gasteiger partial charge is 0.455 e. The van der Waals surface area contributed by atoms with Crippen molar-refractivity contribution in [3.05, 3.63) is 59.1 Å². The molecule has 3 aromatic rings. The zero-order valence-electron chi connectivity index (χ0n) is 17.4. The summed E-state index contributed by atoms with van der Waals surface area (Å²) < 4.78 is 87.6. The van der Waals surface area contributed by atoms with Gasteiger partial charge >= 0.3 is 12.2 Å². The van der Waals surface area contributed by atoms with Crippen LogP contribution in [0.4, 0.5) is 42.5 Å². The summed E-state index contributed by atoms with van der Waals surface area (Å²) in [4.78, 5) is 12.3. The number of amides is 2. The highest BCUT2D eigenvalue weighted by Gasteiger charge is 2.45. The highest BCUT2D eigenvalue weighted by Crippen LogP contribution is 2.39. The number of hydrogen-bond acceptors (Lipinski definition) is 5. The number of carbonyl (C=O) groups is 1. The van der Waals surface area contributed by atoms with Crippen LogP contribution in [0.2, 0.25) is 0 Å². The molecular formula is C21H19F6N3O4. The lowest BCUT2D eigenvalue weighted by Crippen LogP contribution is -2.40. The number of aliphatic hydroxyl groups is 2. The molecule has 34 heavy (non-hydrogen) atoms. The van der Waals surface area contributed by atoms with Crippen LogP contribution >= 0.6 is 0 Å². The highest BCUT2D eigenvalue weighted by molar-refractivity contribution is 5.90. The van der Waals surface area contributed by atoms with Gasteiger partial charge in [0.25, 0.3) is 0 Å². The van der Waals surface area contributed by atoms with Gasteiger partial charge in [-0.3, -0.25) is 0 Å². The van der Waals surface area contributed by atoms with Crippen molar-refractivity contribution >= 4 is 28.4 Å². The van der Waals surface area contributed by atoms with Crippen molar-refractivity contribution in [2.45, 2.75) is 25.2 Å². The summed E-state index contributed by atoms with van der Waals surface area (Å²) in [5.41, 5.74) is -0.985. The van der Waals surface area contributed by atoms with Crippen molar-refractivity contribution in [3.8, 4) is 0 Å². The Labute approximate surface area is 188 Å². The second-order valence-electron chi connectivity index (χ2n) is 7.37. The summed E-state index contributed by atoms with van der Waals surface area (Å²) in [5, 5.41) is 24.2. The van der Waals surface area contributed by atoms with E-state index in [9.17, 15) is 36.2 Å². The van der Waals surface area contributed by atoms with Gasteiger partial charge in [-0.25, -0.2) is 18.0 Å². The van der Waals surface area contributed by atoms with Crippen LogP contribution in [0.25, 0.3) is 11.0 Å². The second kappa shape index (κ2) is 9.81. The van der Waals surface area contributed by atoms with Crippen LogP contribution in [0.15, 0.2) is 34.7 Å². The van der Waals surface area contributed by atoms with Crippen LogP contribution in [0.3, 0.4) is 0 Å². The number of rotatable bonds is 7. The fraction of sp³-hybridized carbons (Fsp3) is 0.286. The summed E-state index contributed by atoms with van der Waals surface area (Å²) in [6.07, 6.45) is -6.24. The molecule has 0 saturated heterocycles. The van der Waals surface area contributed by atoms with Crippen LogP contribution in [0.5, 0.6) is 0 Å². The SMILES string of the molecule is Cc1c([C@@H](NC(=O)Nc2cc(F)cc(NC[C@@H](O)CO)c2)C(F)(F)F)oc2c(F)cc(F)cc12. The molecule has 1 aromatic heterocycles. The minimum atomic E-state index is -5.08. The smallest absolute Gasteiger partial charge is 0.416 e. The number of furan rings is 1. The molecule has 184 valence electrons. The Morgan fingerprint density at radius 3 is 2.35 bits per heavy atom. The first-order valence-electron chi connectivity index (χ1n) is 9.74. The van der Waals surface area contributed by atoms with Gasteiger partial charge in [0.15, 0.2) is 17.4 Å². The standard InChI is InChI=1S/C21H19F6N3O4/c1-9-15-4-11(23)5-16(24)18(15)34-17(9)19(21(25,26)27)30-20(33)29-13-3-10(22)2-12(6-13)28-7-14(32)8-31/h2-6,14,19,28,31-32H,7-8H2,1H3,(H2,29,30,33)/t14-,19-/m1/s1. The lowest BCUT2D eigenvalue weighted by molar-refractivity contribution is -0.158. The lowest BCUT2D eigenvalue weighted by atomic mass is 10.1. The van der Waals surface area contributed by atoms with Crippen LogP contribution in [-0.2, 0) is 0 Å². The van der Waals surface area contributed by atoms with Gasteiger partial charge in [0.05, 0.1) is 12.7 Å². The monoisotopic (exact) mass is 491 g/mol. The predicted octanol–water partition coefficient (Wildman–Crippen LogP) is 4.35. The zero-order valence-corrected chi connectivity index (χ0v) is 17.4. The summed E-state index contributed by atoms with van der Waals surface area (Å²) in [5.74, 6) is -3.92. The summed E-state index contributed by atoms with van der Waals surface area (Å²) in [6.45, 7) is 0.431. The van der Waals surface area contributed by atoms with Gasteiger partial charge < -0.3 is 30.6 Å². The number of urea groups is 1. The maximum absolute atomic E-state index is 14.0. The number of anilines is 2. The Balaban J connectivity index is 1.84. The summed E-state index contributed by atoms with van der Waals surface area (Å²) >= 11 is 0. The van der Waals surface area contributed by atoms with Crippen LogP contribution in [-0.4, -0.2) is 41.7 Å². The molecule has 0 saturated carbocycles. The summed E-state index contributed by atoms with van der Waals surface area (Å²) in [6, 6.07) is 0.155. The second-order valence-corrected chi connectivity index (χ2v) is 7.37. The minimum Gasteiger partial charge on any atom is -0.455 e. The van der Waals surface area contributed by atoms with E-state index in [1.807, 2.05) is 0 Å². The van der Waals surface area contributed by atoms with Crippen molar-refractivity contribution < 1.29 is 45.8 Å². The maximum atomic E-state index is 14.0. The third-order valence-corrected chi connectivity index (χ3v) is 4.77. The van der Waals surface area contributed by atoms with Gasteiger partial charge in [-0.05, 0) is 31.2 Å². The van der Waals surface area contributed by atoms with Gasteiger partial charge in [0, 0.05) is 34.9 Å². The van der Waals surface area contributed by atoms with Gasteiger partial charge in [-0.15, -0.1) is 0 Å². The number of benzene rings is 2. The van der Waals surface area contributed by atoms with Crippen LogP contribution in [0, 0.1) is 24.4 Å². The number of aliphatic hydroxyl groups excluding tert-OH is 2. The molecule has 0 bridgehead atoms. The van der Waals surface area contributed by atoms with Crippen molar-refractivity contribution in [3.63, 3.8) is 0 Å². The van der Waals surface area contributed by atoms with E-state index in [0.717, 1.165) is 25.1 Å². The summed E-state index contributed by atoms with van der Waals surface area (Å²) in [7, 11) is 0. The molecule has 5 N–H and O–H groups in total. The number of nitrogens with one attached hydrogen (secondary N) is 3. The Morgan fingerprint density at radius 2 is 1.71 bits per heavy atom. The number of fused-ring (bicyclic) bond motifs is 1. The molecule has 0 aliphatic rings. The van der Waals surface area contributed by atoms with Crippen LogP contribution < -0.4 is 16.0 Å². The topological polar surface area (TPSA) is 107 Å². The average Bonchev–Trinajstić information content (AvgIpc) is 3.05. The van der Waals surface area contributed by atoms with Crippen molar-refractivity contribution in [1.29, 1.82) is 0 Å². The molecule has 0 spiro atoms. The normalized spacial score (nSPS) is 13.6. The maximum Gasteiger partial charge on any atom is 0.416 e. The highest BCUT2D eigenvalue weighted by atomic mass is 19.4. The number of aryl methyl sites for hydroxylation is 1. The first-order chi connectivity index (χ1) is 15.9. The first-order valence-corrected chi connectivity index (χ1v) is 9.74. The number of carbonyl (C=O) groups excluding carboxylic acids is 1. The predicted molar refractivity (Wildman–Crippen MR) is 110 cm³/mol. The molecule has 0 radical (unpaired) electrons. The Kier molecular flexibility index (Phi) is 7.26. The minimum absolute atomic E-state index is 0.0702. The average molecular weight is 491 g/mol. The van der Waals surface area contributed by atoms with E-state index in [1.54, 1.807) is 5.32 Å². The van der Waals surface area contributed by atoms with E-state index >= 15 is 0 Å². The Bertz CT molecular complexity index is 1200. The van der Waals surface area contributed by atoms with Gasteiger partial charge in [-0.2, -0.15) is 13.2 Å².